The maximum absolute atomic E-state index is 9.18. The molecule has 0 aliphatic rings. The van der Waals surface area contributed by atoms with E-state index in [4.69, 9.17) is 0 Å². The average molecular weight is 285 g/mol. The van der Waals surface area contributed by atoms with Crippen LogP contribution in [0.2, 0.25) is 0 Å². The zero-order valence-electron chi connectivity index (χ0n) is 11.5. The van der Waals surface area contributed by atoms with E-state index in [9.17, 15) is 4.79 Å². The maximum atomic E-state index is 9.18. The minimum atomic E-state index is 0.431. The number of hydrogen-bond donors (Lipinski definition) is 2. The quantitative estimate of drug-likeness (QED) is 0.714. The standard InChI is InChI=1S/C11H9N5.C3H6O2/c1-2-4-9-8(3-1)11(13-7-12-9)15-10-5-6-14-16-10;1-2-5-3-4/h1-7H,(H2,12,13,14,15,16);3H,2H2,1H3. The van der Waals surface area contributed by atoms with Gasteiger partial charge in [-0.15, -0.1) is 0 Å². The summed E-state index contributed by atoms with van der Waals surface area (Å²) < 4.78 is 4.15. The Bertz CT molecular complexity index is 679. The van der Waals surface area contributed by atoms with Crippen LogP contribution in [0, 0.1) is 0 Å². The lowest BCUT2D eigenvalue weighted by atomic mass is 10.2. The predicted octanol–water partition coefficient (Wildman–Crippen LogP) is 2.28. The third-order valence-electron chi connectivity index (χ3n) is 2.53. The number of H-pyrrole nitrogens is 1. The minimum Gasteiger partial charge on any atom is -0.468 e. The molecule has 108 valence electrons. The van der Waals surface area contributed by atoms with E-state index >= 15 is 0 Å². The number of aromatic nitrogens is 4. The topological polar surface area (TPSA) is 92.8 Å². The number of ether oxygens (including phenoxy) is 1. The van der Waals surface area contributed by atoms with Crippen LogP contribution in [0.25, 0.3) is 10.9 Å². The summed E-state index contributed by atoms with van der Waals surface area (Å²) in [6.07, 6.45) is 3.23. The summed E-state index contributed by atoms with van der Waals surface area (Å²) in [7, 11) is 0. The molecule has 21 heavy (non-hydrogen) atoms. The molecule has 3 aromatic rings. The van der Waals surface area contributed by atoms with Crippen LogP contribution in [0.3, 0.4) is 0 Å². The minimum absolute atomic E-state index is 0.431. The highest BCUT2D eigenvalue weighted by atomic mass is 16.5. The van der Waals surface area contributed by atoms with E-state index in [-0.39, 0.29) is 0 Å². The zero-order valence-corrected chi connectivity index (χ0v) is 11.5. The Hall–Kier alpha value is -2.96. The number of carbonyl (C=O) groups excluding carboxylic acids is 1. The Labute approximate surface area is 121 Å². The molecule has 0 amide bonds. The number of hydrogen-bond acceptors (Lipinski definition) is 6. The van der Waals surface area contributed by atoms with Crippen LogP contribution in [-0.2, 0) is 9.53 Å². The molecule has 7 heteroatoms. The van der Waals surface area contributed by atoms with Gasteiger partial charge < -0.3 is 10.1 Å². The fourth-order valence-electron chi connectivity index (χ4n) is 1.63. The van der Waals surface area contributed by atoms with Crippen LogP contribution in [0.4, 0.5) is 11.6 Å². The second kappa shape index (κ2) is 7.59. The third-order valence-corrected chi connectivity index (χ3v) is 2.53. The Morgan fingerprint density at radius 3 is 2.81 bits per heavy atom. The summed E-state index contributed by atoms with van der Waals surface area (Å²) in [6, 6.07) is 9.69. The fraction of sp³-hybridized carbons (Fsp3) is 0.143. The Morgan fingerprint density at radius 2 is 2.14 bits per heavy atom. The normalized spacial score (nSPS) is 9.57. The van der Waals surface area contributed by atoms with Gasteiger partial charge in [-0.05, 0) is 19.1 Å². The van der Waals surface area contributed by atoms with Crippen molar-refractivity contribution < 1.29 is 9.53 Å². The van der Waals surface area contributed by atoms with Gasteiger partial charge in [-0.25, -0.2) is 9.97 Å². The van der Waals surface area contributed by atoms with Gasteiger partial charge in [0.05, 0.1) is 18.3 Å². The van der Waals surface area contributed by atoms with Crippen molar-refractivity contribution in [2.75, 3.05) is 11.9 Å². The maximum Gasteiger partial charge on any atom is 0.293 e. The van der Waals surface area contributed by atoms with Crippen LogP contribution >= 0.6 is 0 Å². The highest BCUT2D eigenvalue weighted by Crippen LogP contribution is 2.20. The van der Waals surface area contributed by atoms with Gasteiger partial charge in [-0.1, -0.05) is 12.1 Å². The van der Waals surface area contributed by atoms with Crippen molar-refractivity contribution in [3.05, 3.63) is 42.9 Å². The highest BCUT2D eigenvalue weighted by Gasteiger charge is 2.03. The Morgan fingerprint density at radius 1 is 1.29 bits per heavy atom. The first-order valence-electron chi connectivity index (χ1n) is 6.36. The number of aromatic amines is 1. The first-order chi connectivity index (χ1) is 10.3. The van der Waals surface area contributed by atoms with Crippen LogP contribution in [0.15, 0.2) is 42.9 Å². The van der Waals surface area contributed by atoms with E-state index in [1.807, 2.05) is 30.3 Å². The molecule has 0 saturated heterocycles. The van der Waals surface area contributed by atoms with Gasteiger partial charge in [0.25, 0.3) is 6.47 Å². The number of nitrogens with one attached hydrogen (secondary N) is 2. The summed E-state index contributed by atoms with van der Waals surface area (Å²) in [5, 5.41) is 10.8. The molecule has 0 bridgehead atoms. The molecule has 7 nitrogen and oxygen atoms in total. The number of benzene rings is 1. The molecular formula is C14H15N5O2. The molecule has 3 rings (SSSR count). The Kier molecular flexibility index (Phi) is 5.22. The molecule has 0 unspecified atom stereocenters. The van der Waals surface area contributed by atoms with Crippen molar-refractivity contribution in [3.63, 3.8) is 0 Å². The molecule has 2 aromatic heterocycles. The van der Waals surface area contributed by atoms with Crippen molar-refractivity contribution in [1.29, 1.82) is 0 Å². The molecule has 0 fully saturated rings. The molecule has 0 aliphatic carbocycles. The Balaban J connectivity index is 0.000000282. The van der Waals surface area contributed by atoms with Crippen molar-refractivity contribution in [3.8, 4) is 0 Å². The fourth-order valence-corrected chi connectivity index (χ4v) is 1.63. The van der Waals surface area contributed by atoms with Crippen LogP contribution < -0.4 is 5.32 Å². The van der Waals surface area contributed by atoms with E-state index in [0.29, 0.717) is 13.1 Å². The summed E-state index contributed by atoms with van der Waals surface area (Å²) in [5.74, 6) is 1.58. The predicted molar refractivity (Wildman–Crippen MR) is 79.1 cm³/mol. The van der Waals surface area contributed by atoms with Crippen molar-refractivity contribution in [2.24, 2.45) is 0 Å². The van der Waals surface area contributed by atoms with Gasteiger partial charge in [-0.2, -0.15) is 5.10 Å². The molecule has 2 heterocycles. The van der Waals surface area contributed by atoms with Gasteiger partial charge in [0.1, 0.15) is 18.0 Å². The second-order valence-corrected chi connectivity index (χ2v) is 3.89. The first kappa shape index (κ1) is 14.4. The monoisotopic (exact) mass is 285 g/mol. The van der Waals surface area contributed by atoms with E-state index in [2.05, 4.69) is 30.2 Å². The first-order valence-corrected chi connectivity index (χ1v) is 6.36. The molecule has 1 aromatic carbocycles. The van der Waals surface area contributed by atoms with Crippen LogP contribution in [0.1, 0.15) is 6.92 Å². The molecule has 2 N–H and O–H groups in total. The van der Waals surface area contributed by atoms with E-state index < -0.39 is 0 Å². The summed E-state index contributed by atoms with van der Waals surface area (Å²) in [6.45, 7) is 2.66. The van der Waals surface area contributed by atoms with E-state index in [1.165, 1.54) is 0 Å². The number of fused-ring (bicyclic) bond motifs is 1. The number of rotatable bonds is 4. The van der Waals surface area contributed by atoms with Gasteiger partial charge in [0.2, 0.25) is 0 Å². The van der Waals surface area contributed by atoms with Gasteiger partial charge >= 0.3 is 0 Å². The SMILES string of the molecule is CCOC=O.c1ccc2c(Nc3ccn[nH]3)ncnc2c1. The second-order valence-electron chi connectivity index (χ2n) is 3.89. The van der Waals surface area contributed by atoms with Gasteiger partial charge in [0, 0.05) is 11.5 Å². The number of nitrogens with zero attached hydrogens (tertiary/aromatic N) is 3. The molecule has 0 radical (unpaired) electrons. The number of para-hydroxylation sites is 1. The molecule has 0 aliphatic heterocycles. The van der Waals surface area contributed by atoms with E-state index in [1.54, 1.807) is 19.4 Å². The lowest BCUT2D eigenvalue weighted by molar-refractivity contribution is -0.128. The summed E-state index contributed by atoms with van der Waals surface area (Å²) in [5.41, 5.74) is 0.916. The smallest absolute Gasteiger partial charge is 0.293 e. The number of anilines is 2. The van der Waals surface area contributed by atoms with Gasteiger partial charge in [0.15, 0.2) is 0 Å². The third kappa shape index (κ3) is 4.00. The van der Waals surface area contributed by atoms with Crippen molar-refractivity contribution in [1.82, 2.24) is 20.2 Å². The highest BCUT2D eigenvalue weighted by molar-refractivity contribution is 5.90. The molecule has 0 spiro atoms. The largest absolute Gasteiger partial charge is 0.468 e. The zero-order chi connectivity index (χ0) is 14.9. The van der Waals surface area contributed by atoms with Crippen molar-refractivity contribution in [2.45, 2.75) is 6.92 Å². The average Bonchev–Trinajstić information content (AvgIpc) is 3.02. The molecule has 0 atom stereocenters. The summed E-state index contributed by atoms with van der Waals surface area (Å²) >= 11 is 0. The lowest BCUT2D eigenvalue weighted by Crippen LogP contribution is -1.95. The van der Waals surface area contributed by atoms with Crippen LogP contribution in [0.5, 0.6) is 0 Å². The number of carbonyl (C=O) groups is 1. The summed E-state index contributed by atoms with van der Waals surface area (Å²) in [4.78, 5) is 17.6. The van der Waals surface area contributed by atoms with Crippen LogP contribution in [-0.4, -0.2) is 33.2 Å². The molecule has 0 saturated carbocycles. The van der Waals surface area contributed by atoms with E-state index in [0.717, 1.165) is 22.5 Å². The van der Waals surface area contributed by atoms with Crippen molar-refractivity contribution >= 4 is 29.0 Å². The lowest BCUT2D eigenvalue weighted by Gasteiger charge is -2.05. The molecular weight excluding hydrogens is 270 g/mol. The van der Waals surface area contributed by atoms with Gasteiger partial charge in [-0.3, -0.25) is 9.89 Å².